The molecular weight excluding hydrogens is 494 g/mol. The van der Waals surface area contributed by atoms with E-state index in [2.05, 4.69) is 30.9 Å². The number of hydrogen-bond acceptors (Lipinski definition) is 5. The number of anilines is 2. The number of hydrogen-bond donors (Lipinski definition) is 4. The molecule has 0 aliphatic heterocycles. The normalized spacial score (nSPS) is 11.4. The summed E-state index contributed by atoms with van der Waals surface area (Å²) in [7, 11) is 1.66. The molecule has 186 valence electrons. The zero-order valence-corrected chi connectivity index (χ0v) is 22.1. The monoisotopic (exact) mass is 521 g/mol. The van der Waals surface area contributed by atoms with Crippen LogP contribution in [-0.2, 0) is 6.42 Å². The summed E-state index contributed by atoms with van der Waals surface area (Å²) in [5, 5.41) is 11.5. The lowest BCUT2D eigenvalue weighted by atomic mass is 10.1. The minimum Gasteiger partial charge on any atom is -0.497 e. The molecule has 0 radical (unpaired) electrons. The largest absolute Gasteiger partial charge is 0.497 e. The van der Waals surface area contributed by atoms with Gasteiger partial charge in [-0.3, -0.25) is 10.3 Å². The zero-order valence-electron chi connectivity index (χ0n) is 20.6. The molecule has 0 aliphatic carbocycles. The Morgan fingerprint density at radius 1 is 1.08 bits per heavy atom. The maximum absolute atomic E-state index is 6.42. The number of ether oxygens (including phenoxy) is 1. The number of aryl methyl sites for hydroxylation is 3. The molecule has 0 bridgehead atoms. The van der Waals surface area contributed by atoms with Crippen LogP contribution in [0.5, 0.6) is 5.75 Å². The standard InChI is InChI=1S/C26H28ClN7OS/c1-15-6-5-7-22(23(15)27)32-26(36)34-24(33-25-30-16(2)12-17(3)31-25)28-11-10-18-14-29-21-9-8-19(35-4)13-20(18)21/h5-9,12-14,29H,10-11H2,1-4H3,(H3,28,30,31,32,33,34,36). The van der Waals surface area contributed by atoms with Crippen molar-refractivity contribution in [3.05, 3.63) is 76.2 Å². The van der Waals surface area contributed by atoms with E-state index in [1.54, 1.807) is 7.11 Å². The molecule has 0 saturated heterocycles. The number of aromatic nitrogens is 3. The van der Waals surface area contributed by atoms with Gasteiger partial charge in [-0.15, -0.1) is 0 Å². The number of aliphatic imine (C=N–C) groups is 1. The van der Waals surface area contributed by atoms with E-state index < -0.39 is 0 Å². The summed E-state index contributed by atoms with van der Waals surface area (Å²) < 4.78 is 5.38. The Balaban J connectivity index is 1.53. The van der Waals surface area contributed by atoms with Crippen molar-refractivity contribution in [3.63, 3.8) is 0 Å². The second kappa shape index (κ2) is 11.4. The highest BCUT2D eigenvalue weighted by Crippen LogP contribution is 2.25. The van der Waals surface area contributed by atoms with E-state index in [1.807, 2.05) is 69.4 Å². The molecule has 10 heteroatoms. The van der Waals surface area contributed by atoms with Crippen molar-refractivity contribution in [1.82, 2.24) is 20.3 Å². The lowest BCUT2D eigenvalue weighted by Gasteiger charge is -2.15. The predicted octanol–water partition coefficient (Wildman–Crippen LogP) is 5.54. The number of nitrogens with one attached hydrogen (secondary N) is 4. The molecule has 4 aromatic rings. The second-order valence-corrected chi connectivity index (χ2v) is 9.11. The molecule has 0 spiro atoms. The Morgan fingerprint density at radius 2 is 1.86 bits per heavy atom. The number of H-pyrrole nitrogens is 1. The number of nitrogens with zero attached hydrogens (tertiary/aromatic N) is 3. The van der Waals surface area contributed by atoms with E-state index in [1.165, 1.54) is 0 Å². The molecule has 0 atom stereocenters. The molecule has 2 aromatic heterocycles. The van der Waals surface area contributed by atoms with Crippen LogP contribution in [0.3, 0.4) is 0 Å². The van der Waals surface area contributed by atoms with Crippen LogP contribution in [0, 0.1) is 20.8 Å². The fraction of sp³-hybridized carbons (Fsp3) is 0.231. The summed E-state index contributed by atoms with van der Waals surface area (Å²) in [4.78, 5) is 17.0. The van der Waals surface area contributed by atoms with Crippen LogP contribution < -0.4 is 20.7 Å². The first-order chi connectivity index (χ1) is 17.3. The van der Waals surface area contributed by atoms with Gasteiger partial charge in [-0.2, -0.15) is 0 Å². The van der Waals surface area contributed by atoms with Crippen molar-refractivity contribution in [2.75, 3.05) is 24.3 Å². The lowest BCUT2D eigenvalue weighted by molar-refractivity contribution is 0.415. The number of fused-ring (bicyclic) bond motifs is 1. The van der Waals surface area contributed by atoms with E-state index in [0.29, 0.717) is 40.7 Å². The molecule has 36 heavy (non-hydrogen) atoms. The summed E-state index contributed by atoms with van der Waals surface area (Å²) in [6, 6.07) is 13.6. The summed E-state index contributed by atoms with van der Waals surface area (Å²) in [6.07, 6.45) is 2.71. The van der Waals surface area contributed by atoms with E-state index in [4.69, 9.17) is 33.5 Å². The number of aromatic amines is 1. The van der Waals surface area contributed by atoms with Crippen molar-refractivity contribution < 1.29 is 4.74 Å². The number of benzene rings is 2. The van der Waals surface area contributed by atoms with E-state index >= 15 is 0 Å². The summed E-state index contributed by atoms with van der Waals surface area (Å²) in [6.45, 7) is 6.27. The molecule has 0 saturated carbocycles. The molecule has 0 amide bonds. The van der Waals surface area contributed by atoms with Gasteiger partial charge >= 0.3 is 0 Å². The highest BCUT2D eigenvalue weighted by molar-refractivity contribution is 7.80. The Kier molecular flexibility index (Phi) is 8.02. The van der Waals surface area contributed by atoms with Crippen LogP contribution >= 0.6 is 23.8 Å². The number of thiocarbonyl (C=S) groups is 1. The van der Waals surface area contributed by atoms with Crippen molar-refractivity contribution in [2.45, 2.75) is 27.2 Å². The van der Waals surface area contributed by atoms with Gasteiger partial charge in [-0.05, 0) is 80.9 Å². The van der Waals surface area contributed by atoms with Crippen LogP contribution in [0.4, 0.5) is 11.6 Å². The third kappa shape index (κ3) is 6.30. The van der Waals surface area contributed by atoms with Crippen LogP contribution in [0.2, 0.25) is 5.02 Å². The number of halogens is 1. The first-order valence-electron chi connectivity index (χ1n) is 11.4. The highest BCUT2D eigenvalue weighted by atomic mass is 35.5. The third-order valence-corrected chi connectivity index (χ3v) is 6.22. The van der Waals surface area contributed by atoms with Gasteiger partial charge in [0, 0.05) is 35.0 Å². The second-order valence-electron chi connectivity index (χ2n) is 8.32. The maximum atomic E-state index is 6.42. The Hall–Kier alpha value is -3.69. The van der Waals surface area contributed by atoms with E-state index in [0.717, 1.165) is 39.2 Å². The van der Waals surface area contributed by atoms with Gasteiger partial charge in [-0.25, -0.2) is 9.97 Å². The van der Waals surface area contributed by atoms with Crippen molar-refractivity contribution in [2.24, 2.45) is 4.99 Å². The minimum absolute atomic E-state index is 0.343. The van der Waals surface area contributed by atoms with Gasteiger partial charge in [-0.1, -0.05) is 23.7 Å². The van der Waals surface area contributed by atoms with Gasteiger partial charge in [0.15, 0.2) is 5.11 Å². The quantitative estimate of drug-likeness (QED) is 0.150. The fourth-order valence-corrected chi connectivity index (χ4v) is 4.16. The first kappa shape index (κ1) is 25.4. The SMILES string of the molecule is COc1ccc2[nH]cc(CCN=C(NC(=S)Nc3cccc(C)c3Cl)Nc3nc(C)cc(C)n3)c2c1. The molecule has 0 aliphatic rings. The first-order valence-corrected chi connectivity index (χ1v) is 12.2. The third-order valence-electron chi connectivity index (χ3n) is 5.51. The molecule has 2 aromatic carbocycles. The maximum Gasteiger partial charge on any atom is 0.229 e. The van der Waals surface area contributed by atoms with Crippen LogP contribution in [0.1, 0.15) is 22.5 Å². The number of guanidine groups is 1. The summed E-state index contributed by atoms with van der Waals surface area (Å²) in [5.41, 5.74) is 5.56. The molecule has 0 unspecified atom stereocenters. The van der Waals surface area contributed by atoms with Crippen LogP contribution in [0.25, 0.3) is 10.9 Å². The lowest BCUT2D eigenvalue weighted by Crippen LogP contribution is -2.39. The van der Waals surface area contributed by atoms with Crippen molar-refractivity contribution in [1.29, 1.82) is 0 Å². The minimum atomic E-state index is 0.343. The number of methoxy groups -OCH3 is 1. The van der Waals surface area contributed by atoms with Gasteiger partial charge < -0.3 is 20.4 Å². The molecule has 2 heterocycles. The average molecular weight is 522 g/mol. The predicted molar refractivity (Wildman–Crippen MR) is 152 cm³/mol. The van der Waals surface area contributed by atoms with Gasteiger partial charge in [0.25, 0.3) is 0 Å². The molecule has 4 rings (SSSR count). The molecular formula is C26H28ClN7OS. The van der Waals surface area contributed by atoms with E-state index in [-0.39, 0.29) is 0 Å². The average Bonchev–Trinajstić information content (AvgIpc) is 3.23. The Bertz CT molecular complexity index is 1410. The molecule has 8 nitrogen and oxygen atoms in total. The fourth-order valence-electron chi connectivity index (χ4n) is 3.78. The Morgan fingerprint density at radius 3 is 2.61 bits per heavy atom. The molecule has 4 N–H and O–H groups in total. The van der Waals surface area contributed by atoms with E-state index in [9.17, 15) is 0 Å². The zero-order chi connectivity index (χ0) is 25.7. The summed E-state index contributed by atoms with van der Waals surface area (Å²) in [5.74, 6) is 1.68. The van der Waals surface area contributed by atoms with Gasteiger partial charge in [0.05, 0.1) is 17.8 Å². The van der Waals surface area contributed by atoms with Crippen LogP contribution in [0.15, 0.2) is 53.7 Å². The van der Waals surface area contributed by atoms with Crippen molar-refractivity contribution in [3.8, 4) is 5.75 Å². The smallest absolute Gasteiger partial charge is 0.229 e. The number of rotatable bonds is 6. The van der Waals surface area contributed by atoms with Crippen molar-refractivity contribution >= 4 is 57.4 Å². The summed E-state index contributed by atoms with van der Waals surface area (Å²) >= 11 is 12.0. The van der Waals surface area contributed by atoms with Gasteiger partial charge in [0.1, 0.15) is 5.75 Å². The van der Waals surface area contributed by atoms with Crippen LogP contribution in [-0.4, -0.2) is 39.7 Å². The Labute approximate surface area is 220 Å². The van der Waals surface area contributed by atoms with Gasteiger partial charge in [0.2, 0.25) is 11.9 Å². The topological polar surface area (TPSA) is 99.2 Å². The molecule has 0 fully saturated rings. The highest BCUT2D eigenvalue weighted by Gasteiger charge is 2.10.